The number of amides is 2. The molecule has 36 heavy (non-hydrogen) atoms. The monoisotopic (exact) mass is 490 g/mol. The van der Waals surface area contributed by atoms with Gasteiger partial charge in [-0.25, -0.2) is 0 Å². The van der Waals surface area contributed by atoms with Gasteiger partial charge in [0.15, 0.2) is 0 Å². The fourth-order valence-corrected chi connectivity index (χ4v) is 3.46. The first-order valence-corrected chi connectivity index (χ1v) is 12.3. The minimum atomic E-state index is -0.406. The number of unbranched alkanes of at least 4 members (excludes halogenated alkanes) is 2. The molecule has 0 spiro atoms. The standard InChI is InChI=1S/C29H34N2O5/c1-4-6-18-35-26-14-10-8-12-23(26)30-28(32)21-16-17-25(34-3)22(20-21)29(33)31-24-13-9-11-15-27(24)36-19-7-5-2/h8-17,20H,4-7,18-19H2,1-3H3,(H,30,32)(H,31,33). The molecule has 0 fully saturated rings. The lowest BCUT2D eigenvalue weighted by Gasteiger charge is -2.15. The molecule has 0 aromatic heterocycles. The van der Waals surface area contributed by atoms with Crippen molar-refractivity contribution in [1.82, 2.24) is 0 Å². The normalized spacial score (nSPS) is 10.4. The lowest BCUT2D eigenvalue weighted by molar-refractivity contribution is 0.102. The molecule has 2 N–H and O–H groups in total. The van der Waals surface area contributed by atoms with Gasteiger partial charge in [-0.3, -0.25) is 9.59 Å². The Morgan fingerprint density at radius 2 is 1.22 bits per heavy atom. The second-order valence-electron chi connectivity index (χ2n) is 8.22. The number of rotatable bonds is 13. The van der Waals surface area contributed by atoms with Gasteiger partial charge >= 0.3 is 0 Å². The van der Waals surface area contributed by atoms with Gasteiger partial charge in [0.25, 0.3) is 11.8 Å². The molecule has 0 aliphatic carbocycles. The number of carbonyl (C=O) groups excluding carboxylic acids is 2. The molecule has 7 nitrogen and oxygen atoms in total. The summed E-state index contributed by atoms with van der Waals surface area (Å²) in [6.07, 6.45) is 3.86. The number of anilines is 2. The zero-order chi connectivity index (χ0) is 25.8. The summed E-state index contributed by atoms with van der Waals surface area (Å²) in [5, 5.41) is 5.77. The lowest BCUT2D eigenvalue weighted by Crippen LogP contribution is -2.17. The van der Waals surface area contributed by atoms with Crippen molar-refractivity contribution >= 4 is 23.2 Å². The van der Waals surface area contributed by atoms with Crippen LogP contribution in [0.2, 0.25) is 0 Å². The molecule has 3 aromatic rings. The first-order valence-electron chi connectivity index (χ1n) is 12.3. The number of carbonyl (C=O) groups is 2. The van der Waals surface area contributed by atoms with Crippen LogP contribution in [-0.4, -0.2) is 32.1 Å². The maximum atomic E-state index is 13.2. The van der Waals surface area contributed by atoms with Crippen molar-refractivity contribution in [3.8, 4) is 17.2 Å². The van der Waals surface area contributed by atoms with E-state index in [2.05, 4.69) is 24.5 Å². The van der Waals surface area contributed by atoms with Crippen molar-refractivity contribution in [3.63, 3.8) is 0 Å². The topological polar surface area (TPSA) is 85.9 Å². The fraction of sp³-hybridized carbons (Fsp3) is 0.310. The van der Waals surface area contributed by atoms with Gasteiger partial charge in [-0.15, -0.1) is 0 Å². The zero-order valence-corrected chi connectivity index (χ0v) is 21.1. The van der Waals surface area contributed by atoms with E-state index in [9.17, 15) is 9.59 Å². The van der Waals surface area contributed by atoms with Gasteiger partial charge in [-0.05, 0) is 55.3 Å². The number of hydrogen-bond acceptors (Lipinski definition) is 5. The highest BCUT2D eigenvalue weighted by Crippen LogP contribution is 2.28. The third kappa shape index (κ3) is 7.25. The molecule has 2 amide bonds. The van der Waals surface area contributed by atoms with E-state index in [1.54, 1.807) is 24.3 Å². The van der Waals surface area contributed by atoms with E-state index in [0.717, 1.165) is 25.7 Å². The number of nitrogens with one attached hydrogen (secondary N) is 2. The maximum absolute atomic E-state index is 13.2. The first-order chi connectivity index (χ1) is 17.6. The summed E-state index contributed by atoms with van der Waals surface area (Å²) in [5.41, 5.74) is 1.67. The van der Waals surface area contributed by atoms with Crippen molar-refractivity contribution in [2.75, 3.05) is 31.0 Å². The third-order valence-corrected chi connectivity index (χ3v) is 5.49. The van der Waals surface area contributed by atoms with Crippen LogP contribution in [0.5, 0.6) is 17.2 Å². The molecule has 0 heterocycles. The molecule has 3 rings (SSSR count). The number of hydrogen-bond donors (Lipinski definition) is 2. The van der Waals surface area contributed by atoms with Crippen LogP contribution < -0.4 is 24.8 Å². The summed E-state index contributed by atoms with van der Waals surface area (Å²) < 4.78 is 17.0. The van der Waals surface area contributed by atoms with Crippen LogP contribution in [0.1, 0.15) is 60.2 Å². The van der Waals surface area contributed by atoms with Crippen LogP contribution >= 0.6 is 0 Å². The summed E-state index contributed by atoms with van der Waals surface area (Å²) in [4.78, 5) is 26.3. The van der Waals surface area contributed by atoms with Crippen LogP contribution in [0.15, 0.2) is 66.7 Å². The highest BCUT2D eigenvalue weighted by Gasteiger charge is 2.18. The summed E-state index contributed by atoms with van der Waals surface area (Å²) in [6, 6.07) is 19.3. The summed E-state index contributed by atoms with van der Waals surface area (Å²) >= 11 is 0. The van der Waals surface area contributed by atoms with Gasteiger partial charge < -0.3 is 24.8 Å². The van der Waals surface area contributed by atoms with E-state index in [0.29, 0.717) is 47.4 Å². The third-order valence-electron chi connectivity index (χ3n) is 5.49. The van der Waals surface area contributed by atoms with E-state index >= 15 is 0 Å². The molecule has 0 aliphatic rings. The minimum absolute atomic E-state index is 0.237. The quantitative estimate of drug-likeness (QED) is 0.265. The summed E-state index contributed by atoms with van der Waals surface area (Å²) in [7, 11) is 1.48. The Hall–Kier alpha value is -4.00. The smallest absolute Gasteiger partial charge is 0.259 e. The number of benzene rings is 3. The van der Waals surface area contributed by atoms with E-state index in [4.69, 9.17) is 14.2 Å². The molecule has 0 saturated heterocycles. The van der Waals surface area contributed by atoms with Gasteiger partial charge in [-0.2, -0.15) is 0 Å². The Morgan fingerprint density at radius 3 is 1.75 bits per heavy atom. The highest BCUT2D eigenvalue weighted by molar-refractivity contribution is 6.10. The molecular weight excluding hydrogens is 456 g/mol. The van der Waals surface area contributed by atoms with Crippen LogP contribution in [0.4, 0.5) is 11.4 Å². The second-order valence-corrected chi connectivity index (χ2v) is 8.22. The Morgan fingerprint density at radius 1 is 0.694 bits per heavy atom. The molecule has 0 bridgehead atoms. The SMILES string of the molecule is CCCCOc1ccccc1NC(=O)c1ccc(OC)c(C(=O)Nc2ccccc2OCCCC)c1. The van der Waals surface area contributed by atoms with E-state index < -0.39 is 5.91 Å². The fourth-order valence-electron chi connectivity index (χ4n) is 3.46. The molecule has 0 saturated carbocycles. The van der Waals surface area contributed by atoms with Crippen LogP contribution in [-0.2, 0) is 0 Å². The Labute approximate surface area is 212 Å². The van der Waals surface area contributed by atoms with Crippen molar-refractivity contribution in [2.45, 2.75) is 39.5 Å². The maximum Gasteiger partial charge on any atom is 0.259 e. The zero-order valence-electron chi connectivity index (χ0n) is 21.1. The molecule has 7 heteroatoms. The first kappa shape index (κ1) is 26.6. The number of methoxy groups -OCH3 is 1. The largest absolute Gasteiger partial charge is 0.496 e. The highest BCUT2D eigenvalue weighted by atomic mass is 16.5. The van der Waals surface area contributed by atoms with E-state index in [1.165, 1.54) is 13.2 Å². The predicted molar refractivity (Wildman–Crippen MR) is 143 cm³/mol. The van der Waals surface area contributed by atoms with Crippen molar-refractivity contribution in [1.29, 1.82) is 0 Å². The van der Waals surface area contributed by atoms with Crippen LogP contribution in [0.25, 0.3) is 0 Å². The lowest BCUT2D eigenvalue weighted by atomic mass is 10.1. The molecule has 0 aliphatic heterocycles. The Bertz CT molecular complexity index is 1160. The van der Waals surface area contributed by atoms with Crippen molar-refractivity contribution in [2.24, 2.45) is 0 Å². The average molecular weight is 491 g/mol. The second kappa shape index (κ2) is 13.8. The van der Waals surface area contributed by atoms with E-state index in [-0.39, 0.29) is 11.5 Å². The summed E-state index contributed by atoms with van der Waals surface area (Å²) in [6.45, 7) is 5.31. The number of para-hydroxylation sites is 4. The predicted octanol–water partition coefficient (Wildman–Crippen LogP) is 6.56. The Kier molecular flexibility index (Phi) is 10.2. The number of ether oxygens (including phenoxy) is 3. The van der Waals surface area contributed by atoms with Crippen molar-refractivity contribution < 1.29 is 23.8 Å². The van der Waals surface area contributed by atoms with Gasteiger partial charge in [0, 0.05) is 5.56 Å². The van der Waals surface area contributed by atoms with Gasteiger partial charge in [0.05, 0.1) is 37.3 Å². The molecule has 0 unspecified atom stereocenters. The van der Waals surface area contributed by atoms with Crippen molar-refractivity contribution in [3.05, 3.63) is 77.9 Å². The molecule has 0 radical (unpaired) electrons. The van der Waals surface area contributed by atoms with Crippen LogP contribution in [0.3, 0.4) is 0 Å². The van der Waals surface area contributed by atoms with Gasteiger partial charge in [0.2, 0.25) is 0 Å². The Balaban J connectivity index is 1.79. The molecule has 3 aromatic carbocycles. The van der Waals surface area contributed by atoms with Gasteiger partial charge in [-0.1, -0.05) is 51.0 Å². The minimum Gasteiger partial charge on any atom is -0.496 e. The molecule has 0 atom stereocenters. The van der Waals surface area contributed by atoms with E-state index in [1.807, 2.05) is 36.4 Å². The average Bonchev–Trinajstić information content (AvgIpc) is 2.90. The molecular formula is C29H34N2O5. The van der Waals surface area contributed by atoms with Gasteiger partial charge in [0.1, 0.15) is 17.2 Å². The van der Waals surface area contributed by atoms with Crippen LogP contribution in [0, 0.1) is 0 Å². The summed E-state index contributed by atoms with van der Waals surface area (Å²) in [5.74, 6) is 0.784. The molecule has 190 valence electrons.